The van der Waals surface area contributed by atoms with E-state index in [0.717, 1.165) is 5.92 Å². The fraction of sp³-hybridized carbons (Fsp3) is 1.00. The summed E-state index contributed by atoms with van der Waals surface area (Å²) >= 11 is 0. The van der Waals surface area contributed by atoms with E-state index < -0.39 is 0 Å². The summed E-state index contributed by atoms with van der Waals surface area (Å²) in [5, 5.41) is 0. The Bertz CT molecular complexity index is 328. The van der Waals surface area contributed by atoms with Crippen LogP contribution < -0.4 is 5.73 Å². The van der Waals surface area contributed by atoms with Crippen molar-refractivity contribution in [1.29, 1.82) is 0 Å². The van der Waals surface area contributed by atoms with Crippen LogP contribution in [0.1, 0.15) is 87.0 Å². The SMILES string of the molecule is CC1(C)CCC2CCC(C)(C)CC(C)(N)C2C(C)(C)C1. The summed E-state index contributed by atoms with van der Waals surface area (Å²) < 4.78 is 0. The molecule has 2 saturated carbocycles. The number of hydrogen-bond donors (Lipinski definition) is 1. The third-order valence-electron chi connectivity index (χ3n) is 6.20. The van der Waals surface area contributed by atoms with Crippen molar-refractivity contribution in [2.24, 2.45) is 33.8 Å². The minimum Gasteiger partial charge on any atom is -0.325 e. The number of fused-ring (bicyclic) bond motifs is 1. The van der Waals surface area contributed by atoms with Gasteiger partial charge < -0.3 is 5.73 Å². The molecule has 0 bridgehead atoms. The molecule has 0 heterocycles. The summed E-state index contributed by atoms with van der Waals surface area (Å²) in [5.41, 5.74) is 8.16. The second-order valence-electron chi connectivity index (χ2n) is 10.5. The molecule has 2 rings (SSSR count). The first-order valence-electron chi connectivity index (χ1n) is 8.64. The highest BCUT2D eigenvalue weighted by Crippen LogP contribution is 2.57. The van der Waals surface area contributed by atoms with E-state index in [1.165, 1.54) is 38.5 Å². The van der Waals surface area contributed by atoms with Crippen LogP contribution in [0, 0.1) is 28.1 Å². The summed E-state index contributed by atoms with van der Waals surface area (Å²) in [4.78, 5) is 0. The van der Waals surface area contributed by atoms with Gasteiger partial charge in [0.1, 0.15) is 0 Å². The molecule has 3 unspecified atom stereocenters. The van der Waals surface area contributed by atoms with Gasteiger partial charge >= 0.3 is 0 Å². The Morgan fingerprint density at radius 1 is 0.750 bits per heavy atom. The minimum atomic E-state index is -0.0193. The molecule has 0 aromatic rings. The predicted octanol–water partition coefficient (Wildman–Crippen LogP) is 5.38. The third kappa shape index (κ3) is 3.24. The maximum Gasteiger partial charge on any atom is 0.0167 e. The van der Waals surface area contributed by atoms with Crippen molar-refractivity contribution >= 4 is 0 Å². The molecule has 0 aromatic heterocycles. The molecule has 0 amide bonds. The summed E-state index contributed by atoms with van der Waals surface area (Å²) in [5.74, 6) is 1.49. The fourth-order valence-corrected chi connectivity index (χ4v) is 6.36. The number of nitrogens with two attached hydrogens (primary N) is 1. The van der Waals surface area contributed by atoms with Crippen molar-refractivity contribution in [2.75, 3.05) is 0 Å². The van der Waals surface area contributed by atoms with Gasteiger partial charge in [-0.25, -0.2) is 0 Å². The second kappa shape index (κ2) is 4.73. The Labute approximate surface area is 127 Å². The fourth-order valence-electron chi connectivity index (χ4n) is 6.36. The van der Waals surface area contributed by atoms with Crippen LogP contribution in [0.15, 0.2) is 0 Å². The van der Waals surface area contributed by atoms with Gasteiger partial charge in [0.2, 0.25) is 0 Å². The first-order valence-corrected chi connectivity index (χ1v) is 8.64. The molecular formula is C19H37N. The van der Waals surface area contributed by atoms with Gasteiger partial charge in [-0.05, 0) is 73.5 Å². The van der Waals surface area contributed by atoms with E-state index in [-0.39, 0.29) is 5.54 Å². The van der Waals surface area contributed by atoms with Crippen molar-refractivity contribution in [3.05, 3.63) is 0 Å². The topological polar surface area (TPSA) is 26.0 Å². The van der Waals surface area contributed by atoms with Crippen LogP contribution in [0.5, 0.6) is 0 Å². The highest BCUT2D eigenvalue weighted by Gasteiger charge is 2.52. The van der Waals surface area contributed by atoms with Crippen molar-refractivity contribution in [1.82, 2.24) is 0 Å². The lowest BCUT2D eigenvalue weighted by Crippen LogP contribution is -2.53. The van der Waals surface area contributed by atoms with E-state index in [1.807, 2.05) is 0 Å². The van der Waals surface area contributed by atoms with Crippen LogP contribution in [-0.2, 0) is 0 Å². The van der Waals surface area contributed by atoms with Gasteiger partial charge in [-0.3, -0.25) is 0 Å². The molecule has 2 aliphatic carbocycles. The highest BCUT2D eigenvalue weighted by molar-refractivity contribution is 5.05. The average molecular weight is 280 g/mol. The maximum absolute atomic E-state index is 6.94. The minimum absolute atomic E-state index is 0.0193. The van der Waals surface area contributed by atoms with Gasteiger partial charge in [-0.1, -0.05) is 41.5 Å². The van der Waals surface area contributed by atoms with E-state index in [2.05, 4.69) is 48.5 Å². The van der Waals surface area contributed by atoms with Gasteiger partial charge in [0.15, 0.2) is 0 Å². The van der Waals surface area contributed by atoms with Crippen molar-refractivity contribution in [3.8, 4) is 0 Å². The number of hydrogen-bond acceptors (Lipinski definition) is 1. The van der Waals surface area contributed by atoms with Crippen molar-refractivity contribution in [2.45, 2.75) is 92.5 Å². The molecule has 1 heteroatoms. The average Bonchev–Trinajstić information content (AvgIpc) is 2.31. The van der Waals surface area contributed by atoms with E-state index in [0.29, 0.717) is 22.2 Å². The smallest absolute Gasteiger partial charge is 0.0167 e. The molecule has 118 valence electrons. The Balaban J connectivity index is 2.40. The lowest BCUT2D eigenvalue weighted by atomic mass is 9.59. The zero-order valence-corrected chi connectivity index (χ0v) is 15.0. The summed E-state index contributed by atoms with van der Waals surface area (Å²) in [7, 11) is 0. The quantitative estimate of drug-likeness (QED) is 0.632. The van der Waals surface area contributed by atoms with E-state index in [1.54, 1.807) is 0 Å². The molecule has 0 aromatic carbocycles. The molecule has 2 aliphatic rings. The standard InChI is InChI=1S/C19H37N/c1-16(2)10-8-14-9-11-17(3,4)13-19(7,20)15(14)18(5,6)12-16/h14-15H,8-13,20H2,1-7H3. The molecule has 20 heavy (non-hydrogen) atoms. The zero-order valence-electron chi connectivity index (χ0n) is 15.0. The molecular weight excluding hydrogens is 242 g/mol. The van der Waals surface area contributed by atoms with Crippen LogP contribution >= 0.6 is 0 Å². The van der Waals surface area contributed by atoms with Gasteiger partial charge in [0, 0.05) is 5.54 Å². The Morgan fingerprint density at radius 3 is 1.70 bits per heavy atom. The van der Waals surface area contributed by atoms with Crippen LogP contribution in [0.25, 0.3) is 0 Å². The van der Waals surface area contributed by atoms with E-state index in [4.69, 9.17) is 5.73 Å². The van der Waals surface area contributed by atoms with Crippen LogP contribution in [0.3, 0.4) is 0 Å². The Hall–Kier alpha value is -0.0400. The first-order chi connectivity index (χ1) is 8.85. The van der Waals surface area contributed by atoms with E-state index >= 15 is 0 Å². The maximum atomic E-state index is 6.94. The van der Waals surface area contributed by atoms with E-state index in [9.17, 15) is 0 Å². The molecule has 0 saturated heterocycles. The van der Waals surface area contributed by atoms with Gasteiger partial charge in [-0.2, -0.15) is 0 Å². The molecule has 2 fully saturated rings. The molecule has 0 spiro atoms. The highest BCUT2D eigenvalue weighted by atomic mass is 14.8. The summed E-state index contributed by atoms with van der Waals surface area (Å²) in [6.45, 7) is 17.1. The largest absolute Gasteiger partial charge is 0.325 e. The molecule has 1 nitrogen and oxygen atoms in total. The third-order valence-corrected chi connectivity index (χ3v) is 6.20. The summed E-state index contributed by atoms with van der Waals surface area (Å²) in [6, 6.07) is 0. The Kier molecular flexibility index (Phi) is 3.86. The van der Waals surface area contributed by atoms with Gasteiger partial charge in [-0.15, -0.1) is 0 Å². The monoisotopic (exact) mass is 279 g/mol. The van der Waals surface area contributed by atoms with Crippen LogP contribution in [-0.4, -0.2) is 5.54 Å². The van der Waals surface area contributed by atoms with Crippen molar-refractivity contribution < 1.29 is 0 Å². The van der Waals surface area contributed by atoms with Gasteiger partial charge in [0.25, 0.3) is 0 Å². The molecule has 2 N–H and O–H groups in total. The lowest BCUT2D eigenvalue weighted by molar-refractivity contribution is 0.0445. The van der Waals surface area contributed by atoms with Crippen molar-refractivity contribution in [3.63, 3.8) is 0 Å². The molecule has 0 aliphatic heterocycles. The Morgan fingerprint density at radius 2 is 1.20 bits per heavy atom. The van der Waals surface area contributed by atoms with Crippen LogP contribution in [0.2, 0.25) is 0 Å². The molecule has 0 radical (unpaired) electrons. The normalized spacial score (nSPS) is 43.2. The molecule has 3 atom stereocenters. The zero-order chi connectivity index (χ0) is 15.4. The second-order valence-corrected chi connectivity index (χ2v) is 10.5. The lowest BCUT2D eigenvalue weighted by Gasteiger charge is -2.48. The summed E-state index contributed by atoms with van der Waals surface area (Å²) in [6.07, 6.45) is 7.96. The number of rotatable bonds is 0. The first kappa shape index (κ1) is 16.3. The van der Waals surface area contributed by atoms with Gasteiger partial charge in [0.05, 0.1) is 0 Å². The van der Waals surface area contributed by atoms with Crippen LogP contribution in [0.4, 0.5) is 0 Å². The predicted molar refractivity (Wildman–Crippen MR) is 88.6 cm³/mol.